The van der Waals surface area contributed by atoms with Crippen LogP contribution in [-0.4, -0.2) is 49.1 Å². The van der Waals surface area contributed by atoms with Gasteiger partial charge < -0.3 is 4.74 Å². The van der Waals surface area contributed by atoms with Crippen LogP contribution in [0.3, 0.4) is 0 Å². The molecule has 1 amide bonds. The highest BCUT2D eigenvalue weighted by Gasteiger charge is 2.33. The number of piperidine rings is 1. The summed E-state index contributed by atoms with van der Waals surface area (Å²) in [4.78, 5) is 11.7. The Morgan fingerprint density at radius 3 is 2.31 bits per heavy atom. The van der Waals surface area contributed by atoms with Gasteiger partial charge in [-0.3, -0.25) is 10.0 Å². The molecule has 1 aromatic rings. The number of rotatable bonds is 5. The van der Waals surface area contributed by atoms with Crippen LogP contribution in [0.5, 0.6) is 0 Å². The van der Waals surface area contributed by atoms with Gasteiger partial charge in [0.2, 0.25) is 10.0 Å². The molecule has 1 aliphatic heterocycles. The number of sulfonamides is 1. The highest BCUT2D eigenvalue weighted by molar-refractivity contribution is 7.89. The van der Waals surface area contributed by atoms with Gasteiger partial charge in [-0.15, -0.1) is 0 Å². The fourth-order valence-electron chi connectivity index (χ4n) is 3.76. The van der Waals surface area contributed by atoms with Gasteiger partial charge in [0.15, 0.2) is 0 Å². The number of ether oxygens (including phenoxy) is 1. The smallest absolute Gasteiger partial charge is 0.276 e. The van der Waals surface area contributed by atoms with Gasteiger partial charge in [0, 0.05) is 13.1 Å². The number of hydrogen-bond acceptors (Lipinski definition) is 5. The summed E-state index contributed by atoms with van der Waals surface area (Å²) in [5.74, 6) is -0.834. The first-order chi connectivity index (χ1) is 12.5. The van der Waals surface area contributed by atoms with Crippen LogP contribution >= 0.6 is 0 Å². The number of nitrogens with one attached hydrogen (secondary N) is 1. The monoisotopic (exact) mass is 382 g/mol. The van der Waals surface area contributed by atoms with E-state index in [9.17, 15) is 13.2 Å². The molecule has 1 heterocycles. The zero-order chi connectivity index (χ0) is 18.6. The lowest BCUT2D eigenvalue weighted by molar-refractivity contribution is -0.0485. The molecule has 2 aliphatic rings. The van der Waals surface area contributed by atoms with Gasteiger partial charge in [0.1, 0.15) is 0 Å². The molecule has 1 saturated heterocycles. The van der Waals surface area contributed by atoms with Crippen molar-refractivity contribution in [2.24, 2.45) is 0 Å². The minimum atomic E-state index is -3.80. The Balaban J connectivity index is 1.66. The topological polar surface area (TPSA) is 95.9 Å². The molecule has 0 atom stereocenters. The van der Waals surface area contributed by atoms with Gasteiger partial charge in [-0.1, -0.05) is 31.4 Å². The van der Waals surface area contributed by atoms with E-state index in [1.807, 2.05) is 0 Å². The zero-order valence-corrected chi connectivity index (χ0v) is 15.6. The number of hydroxylamine groups is 1. The normalized spacial score (nSPS) is 20.8. The fraction of sp³-hybridized carbons (Fsp3) is 0.611. The van der Waals surface area contributed by atoms with Crippen molar-refractivity contribution in [3.05, 3.63) is 29.8 Å². The number of benzene rings is 1. The average Bonchev–Trinajstić information content (AvgIpc) is 2.68. The third-order valence-electron chi connectivity index (χ3n) is 5.19. The van der Waals surface area contributed by atoms with Crippen molar-refractivity contribution in [3.8, 4) is 0 Å². The van der Waals surface area contributed by atoms with Crippen LogP contribution in [0.15, 0.2) is 29.2 Å². The van der Waals surface area contributed by atoms with Crippen molar-refractivity contribution in [3.63, 3.8) is 0 Å². The first-order valence-corrected chi connectivity index (χ1v) is 10.7. The van der Waals surface area contributed by atoms with E-state index in [2.05, 4.69) is 0 Å². The number of nitrogens with zero attached hydrogens (tertiary/aromatic N) is 1. The van der Waals surface area contributed by atoms with E-state index in [1.165, 1.54) is 41.2 Å². The summed E-state index contributed by atoms with van der Waals surface area (Å²) in [6.45, 7) is 0.740. The molecular formula is C18H26N2O5S. The standard InChI is InChI=1S/C18H26N2O5S/c21-18(19-22)16-8-4-5-9-17(16)26(23,24)20-12-10-15(11-13-20)25-14-6-2-1-3-7-14/h4-5,8-9,14-15,22H,1-3,6-7,10-13H2,(H,19,21). The van der Waals surface area contributed by atoms with E-state index in [1.54, 1.807) is 12.1 Å². The summed E-state index contributed by atoms with van der Waals surface area (Å²) in [6, 6.07) is 5.91. The molecule has 1 saturated carbocycles. The second-order valence-electron chi connectivity index (χ2n) is 6.94. The molecule has 0 unspecified atom stereocenters. The Labute approximate surface area is 154 Å². The molecule has 8 heteroatoms. The van der Waals surface area contributed by atoms with Gasteiger partial charge in [-0.05, 0) is 37.8 Å². The Kier molecular flexibility index (Phi) is 6.29. The van der Waals surface area contributed by atoms with Crippen molar-refractivity contribution < 1.29 is 23.2 Å². The summed E-state index contributed by atoms with van der Waals surface area (Å²) >= 11 is 0. The molecular weight excluding hydrogens is 356 g/mol. The lowest BCUT2D eigenvalue weighted by Gasteiger charge is -2.34. The van der Waals surface area contributed by atoms with Crippen LogP contribution in [-0.2, 0) is 14.8 Å². The van der Waals surface area contributed by atoms with Gasteiger partial charge in [0.25, 0.3) is 5.91 Å². The van der Waals surface area contributed by atoms with Crippen LogP contribution in [0, 0.1) is 0 Å². The van der Waals surface area contributed by atoms with Crippen molar-refractivity contribution in [2.75, 3.05) is 13.1 Å². The van der Waals surface area contributed by atoms with E-state index < -0.39 is 15.9 Å². The maximum atomic E-state index is 12.9. The molecule has 0 aromatic heterocycles. The summed E-state index contributed by atoms with van der Waals surface area (Å²) in [5.41, 5.74) is 1.45. The number of carbonyl (C=O) groups excluding carboxylic acids is 1. The molecule has 1 aliphatic carbocycles. The summed E-state index contributed by atoms with van der Waals surface area (Å²) in [6.07, 6.45) is 7.62. The Morgan fingerprint density at radius 2 is 1.65 bits per heavy atom. The third-order valence-corrected chi connectivity index (χ3v) is 7.15. The van der Waals surface area contributed by atoms with Crippen molar-refractivity contribution >= 4 is 15.9 Å². The van der Waals surface area contributed by atoms with Crippen LogP contribution in [0.25, 0.3) is 0 Å². The van der Waals surface area contributed by atoms with Gasteiger partial charge >= 0.3 is 0 Å². The molecule has 26 heavy (non-hydrogen) atoms. The Bertz CT molecular complexity index is 723. The Hall–Kier alpha value is -1.48. The third kappa shape index (κ3) is 4.25. The van der Waals surface area contributed by atoms with Crippen molar-refractivity contribution in [2.45, 2.75) is 62.0 Å². The second kappa shape index (κ2) is 8.47. The maximum Gasteiger partial charge on any atom is 0.276 e. The molecule has 7 nitrogen and oxygen atoms in total. The first kappa shape index (κ1) is 19.3. The van der Waals surface area contributed by atoms with Crippen LogP contribution < -0.4 is 5.48 Å². The minimum absolute atomic E-state index is 0.0596. The molecule has 0 spiro atoms. The molecule has 2 N–H and O–H groups in total. The van der Waals surface area contributed by atoms with Crippen molar-refractivity contribution in [1.82, 2.24) is 9.79 Å². The molecule has 3 rings (SSSR count). The zero-order valence-electron chi connectivity index (χ0n) is 14.8. The van der Waals surface area contributed by atoms with Gasteiger partial charge in [-0.25, -0.2) is 13.9 Å². The number of hydrogen-bond donors (Lipinski definition) is 2. The average molecular weight is 382 g/mol. The number of amides is 1. The first-order valence-electron chi connectivity index (χ1n) is 9.21. The second-order valence-corrected chi connectivity index (χ2v) is 8.84. The van der Waals surface area contributed by atoms with Gasteiger partial charge in [0.05, 0.1) is 22.7 Å². The predicted molar refractivity (Wildman–Crippen MR) is 95.4 cm³/mol. The fourth-order valence-corrected chi connectivity index (χ4v) is 5.42. The van der Waals surface area contributed by atoms with E-state index in [0.29, 0.717) is 32.0 Å². The molecule has 2 fully saturated rings. The van der Waals surface area contributed by atoms with Crippen LogP contribution in [0.2, 0.25) is 0 Å². The van der Waals surface area contributed by atoms with E-state index in [-0.39, 0.29) is 16.6 Å². The van der Waals surface area contributed by atoms with E-state index >= 15 is 0 Å². The summed E-state index contributed by atoms with van der Waals surface area (Å²) < 4.78 is 33.5. The highest BCUT2D eigenvalue weighted by Crippen LogP contribution is 2.27. The summed E-state index contributed by atoms with van der Waals surface area (Å²) in [7, 11) is -3.80. The lowest BCUT2D eigenvalue weighted by atomic mass is 9.97. The molecule has 0 bridgehead atoms. The van der Waals surface area contributed by atoms with Crippen LogP contribution in [0.1, 0.15) is 55.3 Å². The SMILES string of the molecule is O=C(NO)c1ccccc1S(=O)(=O)N1CCC(OC2CCCCC2)CC1. The molecule has 1 aromatic carbocycles. The van der Waals surface area contributed by atoms with E-state index in [4.69, 9.17) is 9.94 Å². The Morgan fingerprint density at radius 1 is 1.04 bits per heavy atom. The quantitative estimate of drug-likeness (QED) is 0.602. The molecule has 144 valence electrons. The predicted octanol–water partition coefficient (Wildman–Crippen LogP) is 2.31. The largest absolute Gasteiger partial charge is 0.375 e. The lowest BCUT2D eigenvalue weighted by Crippen LogP contribution is -2.42. The minimum Gasteiger partial charge on any atom is -0.375 e. The van der Waals surface area contributed by atoms with Crippen molar-refractivity contribution in [1.29, 1.82) is 0 Å². The number of carbonyl (C=O) groups is 1. The van der Waals surface area contributed by atoms with E-state index in [0.717, 1.165) is 12.8 Å². The molecule has 0 radical (unpaired) electrons. The van der Waals surface area contributed by atoms with Gasteiger partial charge in [-0.2, -0.15) is 4.31 Å². The summed E-state index contributed by atoms with van der Waals surface area (Å²) in [5, 5.41) is 8.85. The maximum absolute atomic E-state index is 12.9. The highest BCUT2D eigenvalue weighted by atomic mass is 32.2. The van der Waals surface area contributed by atoms with Crippen LogP contribution in [0.4, 0.5) is 0 Å².